The van der Waals surface area contributed by atoms with Gasteiger partial charge in [-0.3, -0.25) is 4.98 Å². The molecule has 0 spiro atoms. The van der Waals surface area contributed by atoms with Crippen LogP contribution in [0, 0.1) is 0 Å². The SMILES string of the molecule is C[N-]c1cccc2cnccc12. The van der Waals surface area contributed by atoms with Gasteiger partial charge in [-0.05, 0) is 16.8 Å². The van der Waals surface area contributed by atoms with Crippen molar-refractivity contribution in [3.63, 3.8) is 0 Å². The smallest absolute Gasteiger partial charge is 0.0345 e. The number of aromatic nitrogens is 1. The molecule has 0 unspecified atom stereocenters. The van der Waals surface area contributed by atoms with Gasteiger partial charge in [-0.15, -0.1) is 12.7 Å². The predicted molar refractivity (Wildman–Crippen MR) is 50.7 cm³/mol. The lowest BCUT2D eigenvalue weighted by Gasteiger charge is -2.16. The molecular weight excluding hydrogens is 148 g/mol. The molecule has 0 N–H and O–H groups in total. The molecule has 12 heavy (non-hydrogen) atoms. The Hall–Kier alpha value is -1.57. The van der Waals surface area contributed by atoms with Gasteiger partial charge in [0.25, 0.3) is 0 Å². The zero-order valence-corrected chi connectivity index (χ0v) is 6.86. The summed E-state index contributed by atoms with van der Waals surface area (Å²) in [5, 5.41) is 6.47. The third-order valence-electron chi connectivity index (χ3n) is 1.90. The van der Waals surface area contributed by atoms with Crippen LogP contribution in [0.4, 0.5) is 5.69 Å². The normalized spacial score (nSPS) is 10.1. The van der Waals surface area contributed by atoms with Crippen LogP contribution in [0.25, 0.3) is 16.1 Å². The maximum Gasteiger partial charge on any atom is 0.0345 e. The summed E-state index contributed by atoms with van der Waals surface area (Å²) in [4.78, 5) is 4.05. The topological polar surface area (TPSA) is 27.0 Å². The maximum absolute atomic E-state index is 4.17. The second-order valence-corrected chi connectivity index (χ2v) is 2.60. The molecule has 0 saturated carbocycles. The lowest BCUT2D eigenvalue weighted by Crippen LogP contribution is -1.75. The summed E-state index contributed by atoms with van der Waals surface area (Å²) in [5.74, 6) is 0. The van der Waals surface area contributed by atoms with Crippen LogP contribution in [0.2, 0.25) is 0 Å². The molecule has 0 atom stereocenters. The molecule has 0 aliphatic carbocycles. The highest BCUT2D eigenvalue weighted by Crippen LogP contribution is 2.26. The minimum absolute atomic E-state index is 1.02. The molecule has 2 heteroatoms. The Bertz CT molecular complexity index is 390. The van der Waals surface area contributed by atoms with E-state index in [9.17, 15) is 0 Å². The van der Waals surface area contributed by atoms with Crippen LogP contribution in [-0.4, -0.2) is 12.0 Å². The first kappa shape index (κ1) is 7.10. The lowest BCUT2D eigenvalue weighted by molar-refractivity contribution is 1.36. The number of hydrogen-bond donors (Lipinski definition) is 0. The molecule has 0 aliphatic rings. The minimum Gasteiger partial charge on any atom is -0.686 e. The predicted octanol–water partition coefficient (Wildman–Crippen LogP) is 2.87. The van der Waals surface area contributed by atoms with Crippen molar-refractivity contribution in [2.24, 2.45) is 0 Å². The van der Waals surface area contributed by atoms with E-state index in [1.165, 1.54) is 0 Å². The molecule has 1 heterocycles. The van der Waals surface area contributed by atoms with Gasteiger partial charge < -0.3 is 5.32 Å². The van der Waals surface area contributed by atoms with Crippen molar-refractivity contribution in [2.45, 2.75) is 0 Å². The highest BCUT2D eigenvalue weighted by Gasteiger charge is 1.90. The number of hydrogen-bond acceptors (Lipinski definition) is 1. The average Bonchev–Trinajstić information content (AvgIpc) is 2.17. The van der Waals surface area contributed by atoms with Gasteiger partial charge in [-0.2, -0.15) is 0 Å². The molecule has 1 aromatic carbocycles. The van der Waals surface area contributed by atoms with E-state index in [0.717, 1.165) is 16.5 Å². The Morgan fingerprint density at radius 3 is 3.00 bits per heavy atom. The molecule has 0 fully saturated rings. The highest BCUT2D eigenvalue weighted by atomic mass is 14.8. The second kappa shape index (κ2) is 2.81. The van der Waals surface area contributed by atoms with Gasteiger partial charge in [-0.1, -0.05) is 18.2 Å². The number of benzene rings is 1. The summed E-state index contributed by atoms with van der Waals surface area (Å²) >= 11 is 0. The summed E-state index contributed by atoms with van der Waals surface area (Å²) in [6, 6.07) is 8.02. The van der Waals surface area contributed by atoms with Crippen LogP contribution in [0.3, 0.4) is 0 Å². The van der Waals surface area contributed by atoms with Gasteiger partial charge >= 0.3 is 0 Å². The van der Waals surface area contributed by atoms with Gasteiger partial charge in [0.05, 0.1) is 0 Å². The average molecular weight is 157 g/mol. The van der Waals surface area contributed by atoms with E-state index in [2.05, 4.69) is 10.3 Å². The van der Waals surface area contributed by atoms with Crippen LogP contribution >= 0.6 is 0 Å². The van der Waals surface area contributed by atoms with E-state index < -0.39 is 0 Å². The standard InChI is InChI=1S/C10H9N2/c1-11-10-4-2-3-8-7-12-6-5-9(8)10/h2-7H,1H3/q-1. The molecule has 60 valence electrons. The highest BCUT2D eigenvalue weighted by molar-refractivity contribution is 5.94. The minimum atomic E-state index is 1.02. The maximum atomic E-state index is 4.17. The first-order valence-corrected chi connectivity index (χ1v) is 3.84. The molecule has 0 saturated heterocycles. The van der Waals surface area contributed by atoms with E-state index in [4.69, 9.17) is 0 Å². The van der Waals surface area contributed by atoms with Gasteiger partial charge in [0, 0.05) is 12.4 Å². The van der Waals surface area contributed by atoms with Gasteiger partial charge in [0.15, 0.2) is 0 Å². The third-order valence-corrected chi connectivity index (χ3v) is 1.90. The monoisotopic (exact) mass is 157 g/mol. The van der Waals surface area contributed by atoms with Crippen molar-refractivity contribution in [1.82, 2.24) is 4.98 Å². The number of rotatable bonds is 1. The summed E-state index contributed by atoms with van der Waals surface area (Å²) in [5.41, 5.74) is 1.02. The Kier molecular flexibility index (Phi) is 1.67. The lowest BCUT2D eigenvalue weighted by atomic mass is 10.1. The summed E-state index contributed by atoms with van der Waals surface area (Å²) < 4.78 is 0. The summed E-state index contributed by atoms with van der Waals surface area (Å²) in [6.45, 7) is 0. The Balaban J connectivity index is 2.79. The third kappa shape index (κ3) is 1.01. The van der Waals surface area contributed by atoms with E-state index >= 15 is 0 Å². The molecule has 0 bridgehead atoms. The van der Waals surface area contributed by atoms with Crippen LogP contribution in [0.5, 0.6) is 0 Å². The Morgan fingerprint density at radius 2 is 2.17 bits per heavy atom. The van der Waals surface area contributed by atoms with Crippen molar-refractivity contribution in [3.05, 3.63) is 42.0 Å². The summed E-state index contributed by atoms with van der Waals surface area (Å²) in [7, 11) is 1.80. The van der Waals surface area contributed by atoms with Crippen LogP contribution in [0.15, 0.2) is 36.7 Å². The zero-order chi connectivity index (χ0) is 8.39. The molecule has 2 rings (SSSR count). The molecule has 1 aromatic heterocycles. The largest absolute Gasteiger partial charge is 0.686 e. The van der Waals surface area contributed by atoms with Crippen molar-refractivity contribution in [2.75, 3.05) is 7.05 Å². The molecule has 0 radical (unpaired) electrons. The molecule has 0 aliphatic heterocycles. The zero-order valence-electron chi connectivity index (χ0n) is 6.86. The van der Waals surface area contributed by atoms with Crippen molar-refractivity contribution in [1.29, 1.82) is 0 Å². The number of nitrogens with zero attached hydrogens (tertiary/aromatic N) is 2. The molecular formula is C10H9N2-. The van der Waals surface area contributed by atoms with E-state index in [-0.39, 0.29) is 0 Å². The molecule has 0 amide bonds. The Morgan fingerprint density at radius 1 is 1.25 bits per heavy atom. The first-order valence-electron chi connectivity index (χ1n) is 3.84. The second-order valence-electron chi connectivity index (χ2n) is 2.60. The number of fused-ring (bicyclic) bond motifs is 1. The fourth-order valence-corrected chi connectivity index (χ4v) is 1.30. The van der Waals surface area contributed by atoms with Crippen molar-refractivity contribution in [3.8, 4) is 0 Å². The van der Waals surface area contributed by atoms with Crippen LogP contribution in [0.1, 0.15) is 0 Å². The van der Waals surface area contributed by atoms with Crippen LogP contribution in [-0.2, 0) is 0 Å². The van der Waals surface area contributed by atoms with E-state index in [1.54, 1.807) is 13.2 Å². The summed E-state index contributed by atoms with van der Waals surface area (Å²) in [6.07, 6.45) is 3.64. The fourth-order valence-electron chi connectivity index (χ4n) is 1.30. The van der Waals surface area contributed by atoms with Gasteiger partial charge in [-0.25, -0.2) is 0 Å². The fraction of sp³-hybridized carbons (Fsp3) is 0.100. The van der Waals surface area contributed by atoms with Gasteiger partial charge in [0.2, 0.25) is 0 Å². The molecule has 2 aromatic rings. The Labute approximate surface area is 71.2 Å². The van der Waals surface area contributed by atoms with Crippen LogP contribution < -0.4 is 0 Å². The quantitative estimate of drug-likeness (QED) is 0.625. The van der Waals surface area contributed by atoms with E-state index in [1.807, 2.05) is 30.5 Å². The van der Waals surface area contributed by atoms with Gasteiger partial charge in [0.1, 0.15) is 0 Å². The first-order chi connectivity index (χ1) is 5.92. The van der Waals surface area contributed by atoms with Crippen molar-refractivity contribution < 1.29 is 0 Å². The van der Waals surface area contributed by atoms with E-state index in [0.29, 0.717) is 0 Å². The molecule has 2 nitrogen and oxygen atoms in total. The van der Waals surface area contributed by atoms with Crippen molar-refractivity contribution >= 4 is 16.5 Å². The number of pyridine rings is 1.